The molecule has 284 valence electrons. The van der Waals surface area contributed by atoms with Gasteiger partial charge in [0.25, 0.3) is 0 Å². The van der Waals surface area contributed by atoms with Crippen molar-refractivity contribution in [3.05, 3.63) is 48.6 Å². The van der Waals surface area contributed by atoms with Gasteiger partial charge in [0, 0.05) is 12.8 Å². The fourth-order valence-corrected chi connectivity index (χ4v) is 5.12. The van der Waals surface area contributed by atoms with Crippen LogP contribution in [-0.4, -0.2) is 74.7 Å². The minimum absolute atomic E-state index is 0.0897. The van der Waals surface area contributed by atoms with Gasteiger partial charge in [-0.15, -0.1) is 0 Å². The van der Waals surface area contributed by atoms with Crippen LogP contribution in [0.25, 0.3) is 0 Å². The number of allylic oxidation sites excluding steroid dienone is 6. The number of rotatable bonds is 31. The van der Waals surface area contributed by atoms with E-state index in [0.717, 1.165) is 50.9 Å². The molecule has 0 aromatic rings. The van der Waals surface area contributed by atoms with E-state index < -0.39 is 57.4 Å². The molecule has 0 unspecified atom stereocenters. The highest BCUT2D eigenvalue weighted by Crippen LogP contribution is 2.36. The van der Waals surface area contributed by atoms with Crippen LogP contribution in [0.2, 0.25) is 0 Å². The Morgan fingerprint density at radius 3 is 1.82 bits per heavy atom. The van der Waals surface area contributed by atoms with Crippen LogP contribution in [-0.2, 0) is 28.2 Å². The van der Waals surface area contributed by atoms with Crippen molar-refractivity contribution in [2.24, 2.45) is 5.92 Å². The van der Waals surface area contributed by atoms with Gasteiger partial charge in [0.1, 0.15) is 6.61 Å². The van der Waals surface area contributed by atoms with Crippen LogP contribution in [0.1, 0.15) is 130 Å². The maximum absolute atomic E-state index is 12.4. The summed E-state index contributed by atoms with van der Waals surface area (Å²) in [6, 6.07) is 0. The van der Waals surface area contributed by atoms with Crippen molar-refractivity contribution in [2.75, 3.05) is 13.2 Å². The van der Waals surface area contributed by atoms with Crippen LogP contribution in [0.4, 0.5) is 0 Å². The molecule has 11 nitrogen and oxygen atoms in total. The van der Waals surface area contributed by atoms with E-state index >= 15 is 0 Å². The zero-order valence-electron chi connectivity index (χ0n) is 30.1. The molecular weight excluding hydrogens is 651 g/mol. The van der Waals surface area contributed by atoms with Gasteiger partial charge >= 0.3 is 19.8 Å². The van der Waals surface area contributed by atoms with E-state index in [9.17, 15) is 29.5 Å². The van der Waals surface area contributed by atoms with Crippen molar-refractivity contribution in [3.8, 4) is 0 Å². The largest absolute Gasteiger partial charge is 0.469 e. The summed E-state index contributed by atoms with van der Waals surface area (Å²) in [4.78, 5) is 42.6. The summed E-state index contributed by atoms with van der Waals surface area (Å²) in [6.45, 7) is 5.52. The summed E-state index contributed by atoms with van der Waals surface area (Å²) in [6.07, 6.45) is 23.7. The zero-order chi connectivity index (χ0) is 36.8. The first-order valence-electron chi connectivity index (χ1n) is 18.1. The Morgan fingerprint density at radius 1 is 0.653 bits per heavy atom. The number of carbonyl (C=O) groups excluding carboxylic acids is 2. The summed E-state index contributed by atoms with van der Waals surface area (Å²) in [5, 5.41) is 30.2. The lowest BCUT2D eigenvalue weighted by Crippen LogP contribution is -2.29. The first kappa shape index (κ1) is 46.9. The number of hydrogen-bond donors (Lipinski definition) is 5. The summed E-state index contributed by atoms with van der Waals surface area (Å²) < 4.78 is 26.0. The number of aliphatic hydroxyl groups is 3. The van der Waals surface area contributed by atoms with Gasteiger partial charge in [0.15, 0.2) is 6.10 Å². The van der Waals surface area contributed by atoms with Gasteiger partial charge in [-0.25, -0.2) is 4.57 Å². The van der Waals surface area contributed by atoms with Crippen LogP contribution < -0.4 is 0 Å². The Bertz CT molecular complexity index is 1000. The minimum Gasteiger partial charge on any atom is -0.462 e. The van der Waals surface area contributed by atoms with Crippen LogP contribution in [0.5, 0.6) is 0 Å². The first-order valence-corrected chi connectivity index (χ1v) is 19.6. The Kier molecular flexibility index (Phi) is 29.4. The van der Waals surface area contributed by atoms with Crippen molar-refractivity contribution in [1.82, 2.24) is 0 Å². The van der Waals surface area contributed by atoms with Gasteiger partial charge in [-0.05, 0) is 31.6 Å². The predicted molar refractivity (Wildman–Crippen MR) is 192 cm³/mol. The minimum atomic E-state index is -4.85. The molecule has 0 bridgehead atoms. The lowest BCUT2D eigenvalue weighted by Gasteiger charge is -2.19. The van der Waals surface area contributed by atoms with Gasteiger partial charge in [0.2, 0.25) is 0 Å². The fourth-order valence-electron chi connectivity index (χ4n) is 4.76. The molecule has 0 aliphatic rings. The third kappa shape index (κ3) is 32.8. The third-order valence-electron chi connectivity index (χ3n) is 7.64. The van der Waals surface area contributed by atoms with Crippen LogP contribution in [0.3, 0.4) is 0 Å². The fraction of sp³-hybridized carbons (Fsp3) is 0.730. The Morgan fingerprint density at radius 2 is 1.20 bits per heavy atom. The second-order valence-electron chi connectivity index (χ2n) is 12.9. The number of phosphoric acid groups is 1. The van der Waals surface area contributed by atoms with Crippen molar-refractivity contribution < 1.29 is 53.3 Å². The van der Waals surface area contributed by atoms with Gasteiger partial charge in [-0.2, -0.15) is 0 Å². The van der Waals surface area contributed by atoms with Crippen LogP contribution in [0, 0.1) is 5.92 Å². The molecule has 12 heteroatoms. The molecule has 0 rings (SSSR count). The van der Waals surface area contributed by atoms with E-state index in [2.05, 4.69) is 25.3 Å². The highest BCUT2D eigenvalue weighted by atomic mass is 31.2. The zero-order valence-corrected chi connectivity index (χ0v) is 31.0. The molecule has 0 spiro atoms. The number of esters is 2. The molecule has 0 aliphatic heterocycles. The Hall–Kier alpha value is -2.11. The molecule has 49 heavy (non-hydrogen) atoms. The highest BCUT2D eigenvalue weighted by molar-refractivity contribution is 7.46. The number of ether oxygens (including phenoxy) is 2. The second kappa shape index (κ2) is 30.7. The van der Waals surface area contributed by atoms with E-state index in [1.165, 1.54) is 38.2 Å². The van der Waals surface area contributed by atoms with E-state index in [1.54, 1.807) is 42.5 Å². The number of unbranched alkanes of at least 4 members (excludes halogenated alkanes) is 9. The van der Waals surface area contributed by atoms with Crippen molar-refractivity contribution in [3.63, 3.8) is 0 Å². The summed E-state index contributed by atoms with van der Waals surface area (Å²) in [5.74, 6) is -0.472. The number of aliphatic hydroxyl groups excluding tert-OH is 3. The number of phosphoric ester groups is 1. The van der Waals surface area contributed by atoms with E-state index in [1.807, 2.05) is 0 Å². The van der Waals surface area contributed by atoms with Crippen molar-refractivity contribution >= 4 is 19.8 Å². The molecule has 5 N–H and O–H groups in total. The molecule has 0 saturated heterocycles. The topological polar surface area (TPSA) is 180 Å². The lowest BCUT2D eigenvalue weighted by atomic mass is 10.0. The Balaban J connectivity index is 4.40. The molecule has 0 aliphatic carbocycles. The summed E-state index contributed by atoms with van der Waals surface area (Å²) in [5.41, 5.74) is 0. The molecule has 0 heterocycles. The molecule has 4 atom stereocenters. The second-order valence-corrected chi connectivity index (χ2v) is 14.1. The van der Waals surface area contributed by atoms with Crippen LogP contribution >= 0.6 is 7.82 Å². The summed E-state index contributed by atoms with van der Waals surface area (Å²) in [7, 11) is -4.85. The summed E-state index contributed by atoms with van der Waals surface area (Å²) >= 11 is 0. The van der Waals surface area contributed by atoms with E-state index in [0.29, 0.717) is 6.42 Å². The van der Waals surface area contributed by atoms with Crippen molar-refractivity contribution in [2.45, 2.75) is 154 Å². The SMILES string of the molecule is CCCCC[C@H](O)/C=C/C=C\C=C\C=C\[C@H](O)[C@@H](O)CCCC(=O)O[C@H](COC(=O)CCCCCCCCCCC(C)C)COP(=O)(O)O. The maximum Gasteiger partial charge on any atom is 0.469 e. The molecular formula is C37H65O11P. The molecule has 0 fully saturated rings. The number of carbonyl (C=O) groups is 2. The van der Waals surface area contributed by atoms with Gasteiger partial charge in [-0.1, -0.05) is 140 Å². The first-order chi connectivity index (χ1) is 23.3. The normalized spacial score (nSPS) is 15.1. The van der Waals surface area contributed by atoms with E-state index in [4.69, 9.17) is 19.3 Å². The highest BCUT2D eigenvalue weighted by Gasteiger charge is 2.23. The average molecular weight is 717 g/mol. The van der Waals surface area contributed by atoms with Gasteiger partial charge in [-0.3, -0.25) is 14.1 Å². The third-order valence-corrected chi connectivity index (χ3v) is 8.13. The molecule has 0 saturated carbocycles. The van der Waals surface area contributed by atoms with Gasteiger partial charge in [0.05, 0.1) is 24.9 Å². The van der Waals surface area contributed by atoms with Crippen LogP contribution in [0.15, 0.2) is 48.6 Å². The standard InChI is InChI=1S/C37H65O11P/c1-4-5-16-23-32(38)24-18-13-10-11-14-19-25-34(39)35(40)26-21-28-37(42)48-33(30-47-49(43,44)45)29-46-36(41)27-20-15-9-7-6-8-12-17-22-31(2)3/h10-11,13-14,18-19,24-25,31-35,38-40H,4-9,12,15-17,20-23,26-30H2,1-3H3,(H2,43,44,45)/b13-10-,14-11+,24-18+,25-19+/t32-,33+,34-,35-/m0/s1. The van der Waals surface area contributed by atoms with Crippen molar-refractivity contribution in [1.29, 1.82) is 0 Å². The average Bonchev–Trinajstić information content (AvgIpc) is 3.03. The molecule has 0 aromatic heterocycles. The molecule has 0 radical (unpaired) electrons. The predicted octanol–water partition coefficient (Wildman–Crippen LogP) is 7.17. The molecule has 0 amide bonds. The Labute approximate surface area is 294 Å². The van der Waals surface area contributed by atoms with Gasteiger partial charge < -0.3 is 34.6 Å². The van der Waals surface area contributed by atoms with E-state index in [-0.39, 0.29) is 25.7 Å². The lowest BCUT2D eigenvalue weighted by molar-refractivity contribution is -0.161. The maximum atomic E-state index is 12.4. The monoisotopic (exact) mass is 716 g/mol. The quantitative estimate of drug-likeness (QED) is 0.0213. The molecule has 0 aromatic carbocycles. The smallest absolute Gasteiger partial charge is 0.462 e. The number of hydrogen-bond acceptors (Lipinski definition) is 9.